The Labute approximate surface area is 159 Å². The first kappa shape index (κ1) is 21.0. The molecular weight excluding hydrogens is 380 g/mol. The van der Waals surface area contributed by atoms with E-state index in [0.717, 1.165) is 0 Å². The summed E-state index contributed by atoms with van der Waals surface area (Å²) >= 11 is 6.11. The van der Waals surface area contributed by atoms with Crippen molar-refractivity contribution in [1.29, 1.82) is 0 Å². The van der Waals surface area contributed by atoms with E-state index in [1.165, 1.54) is 16.4 Å². The minimum Gasteiger partial charge on any atom is -0.492 e. The minimum atomic E-state index is -3.73. The number of nitrogens with zero attached hydrogens (tertiary/aromatic N) is 1. The normalized spacial score (nSPS) is 18.5. The molecule has 1 heterocycles. The Morgan fingerprint density at radius 1 is 1.46 bits per heavy atom. The van der Waals surface area contributed by atoms with Crippen molar-refractivity contribution >= 4 is 27.5 Å². The summed E-state index contributed by atoms with van der Waals surface area (Å²) in [6.07, 6.45) is 1.73. The Morgan fingerprint density at radius 2 is 2.23 bits per heavy atom. The average molecular weight is 405 g/mol. The number of aliphatic hydroxyl groups is 1. The summed E-state index contributed by atoms with van der Waals surface area (Å²) in [7, 11) is -3.73. The number of aliphatic hydroxyl groups excluding tert-OH is 1. The molecule has 0 unspecified atom stereocenters. The molecule has 1 aliphatic heterocycles. The molecule has 0 spiro atoms. The van der Waals surface area contributed by atoms with Crippen molar-refractivity contribution in [2.45, 2.75) is 31.1 Å². The fraction of sp³-hybridized carbons (Fsp3) is 0.588. The summed E-state index contributed by atoms with van der Waals surface area (Å²) in [4.78, 5) is 12.3. The second-order valence-electron chi connectivity index (χ2n) is 6.10. The third-order valence-corrected chi connectivity index (χ3v) is 6.39. The maximum atomic E-state index is 12.9. The number of rotatable bonds is 8. The van der Waals surface area contributed by atoms with Crippen molar-refractivity contribution in [2.75, 3.05) is 32.8 Å². The van der Waals surface area contributed by atoms with E-state index in [2.05, 4.69) is 5.32 Å². The number of halogens is 1. The van der Waals surface area contributed by atoms with E-state index in [1.54, 1.807) is 6.07 Å². The van der Waals surface area contributed by atoms with Crippen LogP contribution in [0.1, 0.15) is 26.2 Å². The number of amides is 1. The lowest BCUT2D eigenvalue weighted by molar-refractivity contribution is -0.126. The Bertz CT molecular complexity index is 726. The third-order valence-electron chi connectivity index (χ3n) is 4.23. The maximum Gasteiger partial charge on any atom is 0.243 e. The molecule has 9 heteroatoms. The number of carbonyl (C=O) groups excluding carboxylic acids is 1. The van der Waals surface area contributed by atoms with E-state index in [4.69, 9.17) is 21.4 Å². The van der Waals surface area contributed by atoms with Crippen LogP contribution in [0.4, 0.5) is 0 Å². The van der Waals surface area contributed by atoms with Gasteiger partial charge < -0.3 is 15.2 Å². The van der Waals surface area contributed by atoms with E-state index >= 15 is 0 Å². The lowest BCUT2D eigenvalue weighted by atomic mass is 9.99. The van der Waals surface area contributed by atoms with Crippen LogP contribution in [0.15, 0.2) is 23.1 Å². The summed E-state index contributed by atoms with van der Waals surface area (Å²) in [6, 6.07) is 4.39. The van der Waals surface area contributed by atoms with Gasteiger partial charge in [0.15, 0.2) is 0 Å². The van der Waals surface area contributed by atoms with Gasteiger partial charge >= 0.3 is 0 Å². The number of benzene rings is 1. The molecule has 2 N–H and O–H groups in total. The molecule has 1 saturated heterocycles. The van der Waals surface area contributed by atoms with Crippen LogP contribution in [0, 0.1) is 5.92 Å². The fourth-order valence-corrected chi connectivity index (χ4v) is 4.72. The predicted octanol–water partition coefficient (Wildman–Crippen LogP) is 1.64. The Kier molecular flexibility index (Phi) is 7.69. The summed E-state index contributed by atoms with van der Waals surface area (Å²) < 4.78 is 32.5. The Balaban J connectivity index is 2.10. The number of hydrogen-bond donors (Lipinski definition) is 2. The molecule has 0 saturated carbocycles. The molecule has 26 heavy (non-hydrogen) atoms. The standard InChI is InChI=1S/C17H25ClN2O5S/c1-2-25-16-7-6-14(11-15(16)18)26(23,24)20-9-3-5-13(12-20)17(22)19-8-4-10-21/h6-7,11,13,21H,2-5,8-10,12H2,1H3,(H,19,22)/t13-/m0/s1. The molecule has 1 fully saturated rings. The highest BCUT2D eigenvalue weighted by atomic mass is 35.5. The largest absolute Gasteiger partial charge is 0.492 e. The van der Waals surface area contributed by atoms with Gasteiger partial charge in [-0.25, -0.2) is 8.42 Å². The number of sulfonamides is 1. The highest BCUT2D eigenvalue weighted by molar-refractivity contribution is 7.89. The molecule has 7 nitrogen and oxygen atoms in total. The van der Waals surface area contributed by atoms with Crippen molar-refractivity contribution in [1.82, 2.24) is 9.62 Å². The summed E-state index contributed by atoms with van der Waals surface area (Å²) in [6.45, 7) is 3.15. The third kappa shape index (κ3) is 5.09. The van der Waals surface area contributed by atoms with Crippen molar-refractivity contribution in [2.24, 2.45) is 5.92 Å². The second-order valence-corrected chi connectivity index (χ2v) is 8.44. The zero-order valence-corrected chi connectivity index (χ0v) is 16.4. The molecule has 1 aromatic rings. The number of ether oxygens (including phenoxy) is 1. The Hall–Kier alpha value is -1.35. The number of carbonyl (C=O) groups is 1. The van der Waals surface area contributed by atoms with E-state index in [0.29, 0.717) is 44.7 Å². The summed E-state index contributed by atoms with van der Waals surface area (Å²) in [5.41, 5.74) is 0. The van der Waals surface area contributed by atoms with Crippen molar-refractivity contribution < 1.29 is 23.1 Å². The lowest BCUT2D eigenvalue weighted by Gasteiger charge is -2.31. The summed E-state index contributed by atoms with van der Waals surface area (Å²) in [5, 5.41) is 11.8. The molecule has 0 bridgehead atoms. The molecule has 0 radical (unpaired) electrons. The lowest BCUT2D eigenvalue weighted by Crippen LogP contribution is -2.45. The van der Waals surface area contributed by atoms with Crippen LogP contribution in [-0.4, -0.2) is 56.6 Å². The van der Waals surface area contributed by atoms with E-state index in [1.807, 2.05) is 6.92 Å². The zero-order chi connectivity index (χ0) is 19.2. The highest BCUT2D eigenvalue weighted by Crippen LogP contribution is 2.30. The average Bonchev–Trinajstić information content (AvgIpc) is 2.63. The molecule has 146 valence electrons. The van der Waals surface area contributed by atoms with Gasteiger partial charge in [-0.2, -0.15) is 4.31 Å². The molecule has 0 aliphatic carbocycles. The molecule has 0 aromatic heterocycles. The second kappa shape index (κ2) is 9.55. The van der Waals surface area contributed by atoms with Crippen LogP contribution >= 0.6 is 11.6 Å². The van der Waals surface area contributed by atoms with Gasteiger partial charge in [0.25, 0.3) is 0 Å². The molecule has 1 amide bonds. The molecule has 2 rings (SSSR count). The van der Waals surface area contributed by atoms with Gasteiger partial charge in [0.2, 0.25) is 15.9 Å². The SMILES string of the molecule is CCOc1ccc(S(=O)(=O)N2CCC[C@H](C(=O)NCCCO)C2)cc1Cl. The van der Waals surface area contributed by atoms with Crippen LogP contribution in [0.5, 0.6) is 5.75 Å². The maximum absolute atomic E-state index is 12.9. The van der Waals surface area contributed by atoms with E-state index in [9.17, 15) is 13.2 Å². The number of hydrogen-bond acceptors (Lipinski definition) is 5. The van der Waals surface area contributed by atoms with Gasteiger partial charge in [-0.1, -0.05) is 11.6 Å². The first-order valence-electron chi connectivity index (χ1n) is 8.71. The predicted molar refractivity (Wildman–Crippen MR) is 98.8 cm³/mol. The molecule has 1 aliphatic rings. The monoisotopic (exact) mass is 404 g/mol. The van der Waals surface area contributed by atoms with Crippen LogP contribution in [-0.2, 0) is 14.8 Å². The van der Waals surface area contributed by atoms with Gasteiger partial charge in [0.1, 0.15) is 5.75 Å². The molecular formula is C17H25ClN2O5S. The van der Waals surface area contributed by atoms with Crippen molar-refractivity contribution in [3.05, 3.63) is 23.2 Å². The summed E-state index contributed by atoms with van der Waals surface area (Å²) in [5.74, 6) is -0.133. The Morgan fingerprint density at radius 3 is 2.88 bits per heavy atom. The first-order chi connectivity index (χ1) is 12.4. The van der Waals surface area contributed by atoms with Crippen molar-refractivity contribution in [3.63, 3.8) is 0 Å². The van der Waals surface area contributed by atoms with Crippen LogP contribution in [0.25, 0.3) is 0 Å². The fourth-order valence-electron chi connectivity index (χ4n) is 2.87. The van der Waals surface area contributed by atoms with Gasteiger partial charge in [0.05, 0.1) is 22.4 Å². The van der Waals surface area contributed by atoms with Gasteiger partial charge in [-0.05, 0) is 44.4 Å². The minimum absolute atomic E-state index is 0.00392. The smallest absolute Gasteiger partial charge is 0.243 e. The van der Waals surface area contributed by atoms with Crippen molar-refractivity contribution in [3.8, 4) is 5.75 Å². The topological polar surface area (TPSA) is 95.9 Å². The van der Waals surface area contributed by atoms with Gasteiger partial charge in [-0.3, -0.25) is 4.79 Å². The van der Waals surface area contributed by atoms with Gasteiger partial charge in [-0.15, -0.1) is 0 Å². The van der Waals surface area contributed by atoms with Crippen LogP contribution in [0.3, 0.4) is 0 Å². The number of piperidine rings is 1. The quantitative estimate of drug-likeness (QED) is 0.642. The molecule has 1 aromatic carbocycles. The van der Waals surface area contributed by atoms with Crippen LogP contribution in [0.2, 0.25) is 5.02 Å². The van der Waals surface area contributed by atoms with Gasteiger partial charge in [0, 0.05) is 26.2 Å². The first-order valence-corrected chi connectivity index (χ1v) is 10.5. The van der Waals surface area contributed by atoms with E-state index < -0.39 is 15.9 Å². The number of nitrogens with one attached hydrogen (secondary N) is 1. The highest BCUT2D eigenvalue weighted by Gasteiger charge is 2.33. The zero-order valence-electron chi connectivity index (χ0n) is 14.8. The molecule has 1 atom stereocenters. The van der Waals surface area contributed by atoms with Crippen LogP contribution < -0.4 is 10.1 Å². The van der Waals surface area contributed by atoms with E-state index in [-0.39, 0.29) is 29.0 Å².